The molecule has 0 bridgehead atoms. The fourth-order valence-corrected chi connectivity index (χ4v) is 3.49. The zero-order chi connectivity index (χ0) is 16.9. The molecule has 2 aromatic heterocycles. The number of hydrogen-bond donors (Lipinski definition) is 2. The van der Waals surface area contributed by atoms with Gasteiger partial charge in [-0.25, -0.2) is 0 Å². The standard InChI is InChI=1S/C20H23N5/c1-2-6-19(7-3-1)25-10-8-16(15-25)11-22-13-18-14-23-24-20(18)17-5-4-9-21-12-17/h1-7,9,12,14,16,22H,8,10-11,13,15H2,(H,23,24)/t16-/m1/s1. The van der Waals surface area contributed by atoms with E-state index in [-0.39, 0.29) is 0 Å². The van der Waals surface area contributed by atoms with Gasteiger partial charge in [0.15, 0.2) is 0 Å². The van der Waals surface area contributed by atoms with Crippen molar-refractivity contribution in [3.8, 4) is 11.3 Å². The number of aromatic amines is 1. The van der Waals surface area contributed by atoms with Gasteiger partial charge in [0, 0.05) is 55.4 Å². The van der Waals surface area contributed by atoms with Crippen LogP contribution in [0.3, 0.4) is 0 Å². The first-order valence-corrected chi connectivity index (χ1v) is 8.83. The Morgan fingerprint density at radius 3 is 2.88 bits per heavy atom. The van der Waals surface area contributed by atoms with Crippen molar-refractivity contribution in [1.82, 2.24) is 20.5 Å². The first-order chi connectivity index (χ1) is 12.4. The van der Waals surface area contributed by atoms with Gasteiger partial charge in [0.25, 0.3) is 0 Å². The van der Waals surface area contributed by atoms with E-state index in [4.69, 9.17) is 0 Å². The lowest BCUT2D eigenvalue weighted by Crippen LogP contribution is -2.26. The molecule has 0 unspecified atom stereocenters. The number of pyridine rings is 1. The van der Waals surface area contributed by atoms with Crippen LogP contribution in [0.5, 0.6) is 0 Å². The summed E-state index contributed by atoms with van der Waals surface area (Å²) in [6.07, 6.45) is 6.80. The Morgan fingerprint density at radius 1 is 1.12 bits per heavy atom. The van der Waals surface area contributed by atoms with Gasteiger partial charge in [-0.1, -0.05) is 18.2 Å². The lowest BCUT2D eigenvalue weighted by atomic mass is 10.1. The Bertz CT molecular complexity index is 784. The molecule has 1 aromatic carbocycles. The third-order valence-electron chi connectivity index (χ3n) is 4.82. The van der Waals surface area contributed by atoms with Crippen LogP contribution < -0.4 is 10.2 Å². The maximum absolute atomic E-state index is 4.20. The van der Waals surface area contributed by atoms with E-state index in [1.54, 1.807) is 6.20 Å². The van der Waals surface area contributed by atoms with Gasteiger partial charge in [-0.3, -0.25) is 10.1 Å². The normalized spacial score (nSPS) is 17.1. The monoisotopic (exact) mass is 333 g/mol. The minimum absolute atomic E-state index is 0.689. The molecule has 0 radical (unpaired) electrons. The van der Waals surface area contributed by atoms with Crippen LogP contribution in [0.4, 0.5) is 5.69 Å². The highest BCUT2D eigenvalue weighted by Crippen LogP contribution is 2.23. The number of benzene rings is 1. The van der Waals surface area contributed by atoms with Crippen molar-refractivity contribution in [1.29, 1.82) is 0 Å². The number of rotatable bonds is 6. The third kappa shape index (κ3) is 3.72. The molecule has 0 saturated carbocycles. The van der Waals surface area contributed by atoms with Gasteiger partial charge in [0.05, 0.1) is 11.9 Å². The zero-order valence-corrected chi connectivity index (χ0v) is 14.2. The predicted molar refractivity (Wildman–Crippen MR) is 100 cm³/mol. The number of hydrogen-bond acceptors (Lipinski definition) is 4. The fraction of sp³-hybridized carbons (Fsp3) is 0.300. The quantitative estimate of drug-likeness (QED) is 0.728. The van der Waals surface area contributed by atoms with E-state index in [1.165, 1.54) is 17.7 Å². The van der Waals surface area contributed by atoms with E-state index < -0.39 is 0 Å². The van der Waals surface area contributed by atoms with Gasteiger partial charge < -0.3 is 10.2 Å². The van der Waals surface area contributed by atoms with Crippen molar-refractivity contribution in [2.75, 3.05) is 24.5 Å². The Balaban J connectivity index is 1.30. The summed E-state index contributed by atoms with van der Waals surface area (Å²) in [5.41, 5.74) is 4.65. The molecule has 1 saturated heterocycles. The molecular formula is C20H23N5. The molecule has 1 atom stereocenters. The van der Waals surface area contributed by atoms with E-state index in [9.17, 15) is 0 Å². The maximum Gasteiger partial charge on any atom is 0.0710 e. The zero-order valence-electron chi connectivity index (χ0n) is 14.2. The smallest absolute Gasteiger partial charge is 0.0710 e. The number of aromatic nitrogens is 3. The molecule has 128 valence electrons. The first-order valence-electron chi connectivity index (χ1n) is 8.83. The fourth-order valence-electron chi connectivity index (χ4n) is 3.49. The van der Waals surface area contributed by atoms with Crippen molar-refractivity contribution in [3.63, 3.8) is 0 Å². The summed E-state index contributed by atoms with van der Waals surface area (Å²) in [6.45, 7) is 4.12. The average Bonchev–Trinajstić information content (AvgIpc) is 3.33. The van der Waals surface area contributed by atoms with Crippen LogP contribution in [0.1, 0.15) is 12.0 Å². The highest BCUT2D eigenvalue weighted by atomic mass is 15.2. The van der Waals surface area contributed by atoms with E-state index in [0.29, 0.717) is 5.92 Å². The van der Waals surface area contributed by atoms with E-state index in [0.717, 1.165) is 37.4 Å². The average molecular weight is 333 g/mol. The molecule has 3 aromatic rings. The van der Waals surface area contributed by atoms with E-state index in [2.05, 4.69) is 61.8 Å². The van der Waals surface area contributed by atoms with Crippen molar-refractivity contribution in [3.05, 3.63) is 66.6 Å². The molecule has 3 heterocycles. The lowest BCUT2D eigenvalue weighted by molar-refractivity contribution is 0.517. The van der Waals surface area contributed by atoms with Crippen LogP contribution in [0.15, 0.2) is 61.1 Å². The van der Waals surface area contributed by atoms with Crippen LogP contribution in [0, 0.1) is 5.92 Å². The van der Waals surface area contributed by atoms with Crippen LogP contribution >= 0.6 is 0 Å². The second-order valence-electron chi connectivity index (χ2n) is 6.58. The van der Waals surface area contributed by atoms with Gasteiger partial charge in [-0.05, 0) is 36.6 Å². The summed E-state index contributed by atoms with van der Waals surface area (Å²) in [6, 6.07) is 14.7. The van der Waals surface area contributed by atoms with E-state index >= 15 is 0 Å². The van der Waals surface area contributed by atoms with Gasteiger partial charge in [-0.2, -0.15) is 5.10 Å². The minimum Gasteiger partial charge on any atom is -0.371 e. The minimum atomic E-state index is 0.689. The van der Waals surface area contributed by atoms with Crippen molar-refractivity contribution >= 4 is 5.69 Å². The SMILES string of the molecule is c1ccc(N2CC[C@H](CNCc3cn[nH]c3-c3cccnc3)C2)cc1. The summed E-state index contributed by atoms with van der Waals surface area (Å²) < 4.78 is 0. The molecule has 1 fully saturated rings. The van der Waals surface area contributed by atoms with Crippen molar-refractivity contribution in [2.45, 2.75) is 13.0 Å². The predicted octanol–water partition coefficient (Wildman–Crippen LogP) is 3.09. The van der Waals surface area contributed by atoms with Crippen molar-refractivity contribution in [2.24, 2.45) is 5.92 Å². The molecule has 0 spiro atoms. The molecule has 5 heteroatoms. The topological polar surface area (TPSA) is 56.8 Å². The largest absolute Gasteiger partial charge is 0.371 e. The summed E-state index contributed by atoms with van der Waals surface area (Å²) >= 11 is 0. The molecule has 1 aliphatic heterocycles. The van der Waals surface area contributed by atoms with Gasteiger partial charge in [0.1, 0.15) is 0 Å². The molecule has 2 N–H and O–H groups in total. The first kappa shape index (κ1) is 15.8. The number of H-pyrrole nitrogens is 1. The summed E-state index contributed by atoms with van der Waals surface area (Å²) in [7, 11) is 0. The van der Waals surface area contributed by atoms with E-state index in [1.807, 2.05) is 18.5 Å². The highest BCUT2D eigenvalue weighted by molar-refractivity contribution is 5.61. The second kappa shape index (κ2) is 7.49. The Morgan fingerprint density at radius 2 is 2.04 bits per heavy atom. The molecule has 0 aliphatic carbocycles. The lowest BCUT2D eigenvalue weighted by Gasteiger charge is -2.18. The van der Waals surface area contributed by atoms with Crippen molar-refractivity contribution < 1.29 is 0 Å². The number of anilines is 1. The Hall–Kier alpha value is -2.66. The molecule has 25 heavy (non-hydrogen) atoms. The molecule has 5 nitrogen and oxygen atoms in total. The van der Waals surface area contributed by atoms with Crippen LogP contribution in [-0.4, -0.2) is 34.8 Å². The molecule has 0 amide bonds. The maximum atomic E-state index is 4.20. The van der Waals surface area contributed by atoms with Gasteiger partial charge in [-0.15, -0.1) is 0 Å². The van der Waals surface area contributed by atoms with Crippen LogP contribution in [0.2, 0.25) is 0 Å². The highest BCUT2D eigenvalue weighted by Gasteiger charge is 2.22. The Kier molecular flexibility index (Phi) is 4.74. The van der Waals surface area contributed by atoms with Crippen LogP contribution in [-0.2, 0) is 6.54 Å². The third-order valence-corrected chi connectivity index (χ3v) is 4.82. The summed E-state index contributed by atoms with van der Waals surface area (Å²) in [5.74, 6) is 0.689. The van der Waals surface area contributed by atoms with Gasteiger partial charge >= 0.3 is 0 Å². The molecule has 1 aliphatic rings. The summed E-state index contributed by atoms with van der Waals surface area (Å²) in [4.78, 5) is 6.67. The molecular weight excluding hydrogens is 310 g/mol. The van der Waals surface area contributed by atoms with Gasteiger partial charge in [0.2, 0.25) is 0 Å². The Labute approximate surface area is 148 Å². The summed E-state index contributed by atoms with van der Waals surface area (Å²) in [5, 5.41) is 10.9. The number of nitrogens with one attached hydrogen (secondary N) is 2. The number of nitrogens with zero attached hydrogens (tertiary/aromatic N) is 3. The molecule has 4 rings (SSSR count). The second-order valence-corrected chi connectivity index (χ2v) is 6.58. The number of para-hydroxylation sites is 1. The van der Waals surface area contributed by atoms with Crippen LogP contribution in [0.25, 0.3) is 11.3 Å².